The third-order valence-corrected chi connectivity index (χ3v) is 1.91. The predicted octanol–water partition coefficient (Wildman–Crippen LogP) is 1.17. The Morgan fingerprint density at radius 2 is 2.38 bits per heavy atom. The van der Waals surface area contributed by atoms with Crippen molar-refractivity contribution in [3.63, 3.8) is 0 Å². The molecule has 0 saturated carbocycles. The lowest BCUT2D eigenvalue weighted by atomic mass is 10.3. The Labute approximate surface area is 95.1 Å². The summed E-state index contributed by atoms with van der Waals surface area (Å²) in [7, 11) is 0. The van der Waals surface area contributed by atoms with Gasteiger partial charge in [-0.25, -0.2) is 4.98 Å². The molecule has 0 saturated heterocycles. The molecule has 1 heterocycles. The van der Waals surface area contributed by atoms with Crippen LogP contribution in [0, 0.1) is 5.41 Å². The van der Waals surface area contributed by atoms with Crippen molar-refractivity contribution >= 4 is 5.84 Å². The van der Waals surface area contributed by atoms with E-state index in [0.29, 0.717) is 24.7 Å². The van der Waals surface area contributed by atoms with Gasteiger partial charge in [0.15, 0.2) is 0 Å². The van der Waals surface area contributed by atoms with E-state index in [1.807, 2.05) is 13.8 Å². The molecule has 0 spiro atoms. The minimum absolute atomic E-state index is 0.0951. The van der Waals surface area contributed by atoms with Crippen LogP contribution in [-0.2, 0) is 4.74 Å². The second kappa shape index (κ2) is 6.07. The third kappa shape index (κ3) is 3.51. The number of nitrogen functional groups attached to an aromatic ring is 1. The molecule has 0 bridgehead atoms. The number of ether oxygens (including phenoxy) is 2. The molecule has 0 aliphatic rings. The summed E-state index contributed by atoms with van der Waals surface area (Å²) >= 11 is 0. The molecule has 5 nitrogen and oxygen atoms in total. The van der Waals surface area contributed by atoms with Crippen LogP contribution in [0.5, 0.6) is 5.75 Å². The molecule has 0 radical (unpaired) electrons. The molecule has 0 fully saturated rings. The van der Waals surface area contributed by atoms with Gasteiger partial charge in [0.05, 0.1) is 6.61 Å². The average Bonchev–Trinajstić information content (AvgIpc) is 2.27. The second-order valence-corrected chi connectivity index (χ2v) is 3.35. The number of hydrogen-bond acceptors (Lipinski definition) is 4. The Kier molecular flexibility index (Phi) is 4.72. The zero-order valence-electron chi connectivity index (χ0n) is 9.56. The van der Waals surface area contributed by atoms with Crippen molar-refractivity contribution in [1.82, 2.24) is 4.98 Å². The number of aromatic nitrogens is 1. The molecule has 1 rings (SSSR count). The van der Waals surface area contributed by atoms with Gasteiger partial charge in [-0.3, -0.25) is 5.41 Å². The van der Waals surface area contributed by atoms with Crippen LogP contribution in [0.3, 0.4) is 0 Å². The number of hydrogen-bond donors (Lipinski definition) is 2. The fourth-order valence-electron chi connectivity index (χ4n) is 1.22. The lowest BCUT2D eigenvalue weighted by Gasteiger charge is -2.16. The first-order chi connectivity index (χ1) is 7.65. The first-order valence-electron chi connectivity index (χ1n) is 5.19. The summed E-state index contributed by atoms with van der Waals surface area (Å²) in [6.45, 7) is 4.98. The van der Waals surface area contributed by atoms with Crippen molar-refractivity contribution in [2.24, 2.45) is 5.73 Å². The highest BCUT2D eigenvalue weighted by Gasteiger charge is 2.10. The van der Waals surface area contributed by atoms with Gasteiger partial charge in [0.1, 0.15) is 23.4 Å². The molecule has 5 heteroatoms. The lowest BCUT2D eigenvalue weighted by molar-refractivity contribution is 0.0654. The van der Waals surface area contributed by atoms with Crippen molar-refractivity contribution in [1.29, 1.82) is 5.41 Å². The Bertz CT molecular complexity index is 355. The van der Waals surface area contributed by atoms with E-state index >= 15 is 0 Å². The zero-order chi connectivity index (χ0) is 12.0. The van der Waals surface area contributed by atoms with E-state index in [9.17, 15) is 0 Å². The molecule has 16 heavy (non-hydrogen) atoms. The average molecular weight is 223 g/mol. The van der Waals surface area contributed by atoms with Crippen LogP contribution in [0.15, 0.2) is 18.3 Å². The number of nitrogens with two attached hydrogens (primary N) is 1. The first kappa shape index (κ1) is 12.4. The monoisotopic (exact) mass is 223 g/mol. The molecule has 0 aromatic carbocycles. The van der Waals surface area contributed by atoms with Gasteiger partial charge in [-0.1, -0.05) is 0 Å². The lowest BCUT2D eigenvalue weighted by Crippen LogP contribution is -2.22. The smallest absolute Gasteiger partial charge is 0.149 e. The number of amidine groups is 1. The second-order valence-electron chi connectivity index (χ2n) is 3.35. The van der Waals surface area contributed by atoms with Gasteiger partial charge in [0, 0.05) is 12.8 Å². The van der Waals surface area contributed by atoms with Crippen LogP contribution < -0.4 is 10.5 Å². The molecule has 0 amide bonds. The van der Waals surface area contributed by atoms with Crippen LogP contribution >= 0.6 is 0 Å². The van der Waals surface area contributed by atoms with E-state index in [1.165, 1.54) is 0 Å². The normalized spacial score (nSPS) is 12.1. The van der Waals surface area contributed by atoms with Crippen LogP contribution in [-0.4, -0.2) is 30.1 Å². The maximum absolute atomic E-state index is 7.36. The maximum Gasteiger partial charge on any atom is 0.149 e. The molecule has 0 aliphatic heterocycles. The zero-order valence-corrected chi connectivity index (χ0v) is 9.56. The summed E-state index contributed by atoms with van der Waals surface area (Å²) in [4.78, 5) is 4.00. The largest absolute Gasteiger partial charge is 0.486 e. The van der Waals surface area contributed by atoms with E-state index in [0.717, 1.165) is 0 Å². The summed E-state index contributed by atoms with van der Waals surface area (Å²) in [6, 6.07) is 3.49. The van der Waals surface area contributed by atoms with Gasteiger partial charge in [-0.15, -0.1) is 0 Å². The molecule has 1 aromatic heterocycles. The SMILES string of the molecule is CCOCC(C)Oc1cccnc1C(=N)N. The van der Waals surface area contributed by atoms with Gasteiger partial charge in [0.2, 0.25) is 0 Å². The van der Waals surface area contributed by atoms with Crippen LogP contribution in [0.2, 0.25) is 0 Å². The Morgan fingerprint density at radius 1 is 1.62 bits per heavy atom. The number of nitrogens with one attached hydrogen (secondary N) is 1. The molecule has 1 aromatic rings. The minimum atomic E-state index is -0.0980. The highest BCUT2D eigenvalue weighted by Crippen LogP contribution is 2.16. The van der Waals surface area contributed by atoms with E-state index in [2.05, 4.69) is 4.98 Å². The van der Waals surface area contributed by atoms with E-state index < -0.39 is 0 Å². The summed E-state index contributed by atoms with van der Waals surface area (Å²) < 4.78 is 10.8. The fourth-order valence-corrected chi connectivity index (χ4v) is 1.22. The Morgan fingerprint density at radius 3 is 3.00 bits per heavy atom. The van der Waals surface area contributed by atoms with Crippen molar-refractivity contribution in [3.8, 4) is 5.75 Å². The Hall–Kier alpha value is -1.62. The van der Waals surface area contributed by atoms with E-state index in [-0.39, 0.29) is 11.9 Å². The molecule has 1 atom stereocenters. The standard InChI is InChI=1S/C11H17N3O2/c1-3-15-7-8(2)16-9-5-4-6-14-10(9)11(12)13/h4-6,8H,3,7H2,1-2H3,(H3,12,13). The predicted molar refractivity (Wildman–Crippen MR) is 61.8 cm³/mol. The topological polar surface area (TPSA) is 81.2 Å². The number of rotatable bonds is 6. The highest BCUT2D eigenvalue weighted by molar-refractivity contribution is 5.95. The molecule has 88 valence electrons. The molecular weight excluding hydrogens is 206 g/mol. The maximum atomic E-state index is 7.36. The van der Waals surface area contributed by atoms with Crippen molar-refractivity contribution in [3.05, 3.63) is 24.0 Å². The van der Waals surface area contributed by atoms with Crippen molar-refractivity contribution < 1.29 is 9.47 Å². The Balaban J connectivity index is 2.69. The van der Waals surface area contributed by atoms with Gasteiger partial charge < -0.3 is 15.2 Å². The summed E-state index contributed by atoms with van der Waals surface area (Å²) in [5.41, 5.74) is 5.77. The van der Waals surface area contributed by atoms with E-state index in [1.54, 1.807) is 18.3 Å². The van der Waals surface area contributed by atoms with Crippen LogP contribution in [0.25, 0.3) is 0 Å². The van der Waals surface area contributed by atoms with Gasteiger partial charge in [0.25, 0.3) is 0 Å². The minimum Gasteiger partial charge on any atom is -0.486 e. The first-order valence-corrected chi connectivity index (χ1v) is 5.19. The number of pyridine rings is 1. The van der Waals surface area contributed by atoms with E-state index in [4.69, 9.17) is 20.6 Å². The van der Waals surface area contributed by atoms with Crippen molar-refractivity contribution in [2.75, 3.05) is 13.2 Å². The van der Waals surface area contributed by atoms with Crippen molar-refractivity contribution in [2.45, 2.75) is 20.0 Å². The van der Waals surface area contributed by atoms with Crippen LogP contribution in [0.1, 0.15) is 19.5 Å². The highest BCUT2D eigenvalue weighted by atomic mass is 16.5. The molecular formula is C11H17N3O2. The van der Waals surface area contributed by atoms with Gasteiger partial charge in [-0.05, 0) is 26.0 Å². The third-order valence-electron chi connectivity index (χ3n) is 1.91. The quantitative estimate of drug-likeness (QED) is 0.560. The van der Waals surface area contributed by atoms with Gasteiger partial charge in [-0.2, -0.15) is 0 Å². The van der Waals surface area contributed by atoms with Gasteiger partial charge >= 0.3 is 0 Å². The van der Waals surface area contributed by atoms with Crippen LogP contribution in [0.4, 0.5) is 0 Å². The number of nitrogens with zero attached hydrogens (tertiary/aromatic N) is 1. The molecule has 1 unspecified atom stereocenters. The summed E-state index contributed by atoms with van der Waals surface area (Å²) in [5, 5.41) is 7.36. The molecule has 0 aliphatic carbocycles. The fraction of sp³-hybridized carbons (Fsp3) is 0.455. The molecule has 3 N–H and O–H groups in total. The summed E-state index contributed by atoms with van der Waals surface area (Å²) in [6.07, 6.45) is 1.49. The summed E-state index contributed by atoms with van der Waals surface area (Å²) in [5.74, 6) is 0.418.